The van der Waals surface area contributed by atoms with Crippen LogP contribution >= 0.6 is 45.3 Å². The molecule has 0 aliphatic heterocycles. The highest BCUT2D eigenvalue weighted by atomic mass is 127. The number of thiophene rings is 2. The smallest absolute Gasteiger partial charge is 0.0679 e. The van der Waals surface area contributed by atoms with Gasteiger partial charge in [-0.05, 0) is 71.6 Å². The Bertz CT molecular complexity index is 435. The Kier molecular flexibility index (Phi) is 5.02. The Morgan fingerprint density at radius 1 is 1.41 bits per heavy atom. The highest BCUT2D eigenvalue weighted by molar-refractivity contribution is 14.1. The van der Waals surface area contributed by atoms with Crippen molar-refractivity contribution in [1.29, 1.82) is 0 Å². The second-order valence-electron chi connectivity index (χ2n) is 4.02. The zero-order valence-electron chi connectivity index (χ0n) is 10.00. The monoisotopic (exact) mass is 377 g/mol. The van der Waals surface area contributed by atoms with Crippen molar-refractivity contribution in [2.75, 3.05) is 6.54 Å². The number of aryl methyl sites for hydroxylation is 1. The van der Waals surface area contributed by atoms with Gasteiger partial charge in [-0.15, -0.1) is 22.7 Å². The van der Waals surface area contributed by atoms with E-state index in [1.54, 1.807) is 0 Å². The maximum absolute atomic E-state index is 3.64. The molecule has 0 aromatic carbocycles. The van der Waals surface area contributed by atoms with Crippen LogP contribution in [0.15, 0.2) is 23.6 Å². The largest absolute Gasteiger partial charge is 0.306 e. The predicted octanol–water partition coefficient (Wildman–Crippen LogP) is 4.81. The molecule has 0 aliphatic carbocycles. The summed E-state index contributed by atoms with van der Waals surface area (Å²) in [5.41, 5.74) is 1.40. The first kappa shape index (κ1) is 13.5. The number of hydrogen-bond acceptors (Lipinski definition) is 3. The van der Waals surface area contributed by atoms with Crippen molar-refractivity contribution < 1.29 is 0 Å². The van der Waals surface area contributed by atoms with Crippen molar-refractivity contribution in [1.82, 2.24) is 5.32 Å². The molecule has 0 aliphatic rings. The summed E-state index contributed by atoms with van der Waals surface area (Å²) < 4.78 is 1.36. The van der Waals surface area contributed by atoms with Gasteiger partial charge < -0.3 is 5.32 Å². The van der Waals surface area contributed by atoms with Gasteiger partial charge >= 0.3 is 0 Å². The first-order chi connectivity index (χ1) is 8.20. The minimum absolute atomic E-state index is 0.369. The normalized spacial score (nSPS) is 12.9. The molecule has 1 nitrogen and oxygen atoms in total. The minimum atomic E-state index is 0.369. The maximum atomic E-state index is 3.64. The molecule has 0 fully saturated rings. The van der Waals surface area contributed by atoms with Gasteiger partial charge in [0, 0.05) is 9.75 Å². The van der Waals surface area contributed by atoms with Gasteiger partial charge in [-0.2, -0.15) is 0 Å². The second-order valence-corrected chi connectivity index (χ2v) is 8.14. The average Bonchev–Trinajstić information content (AvgIpc) is 2.89. The zero-order chi connectivity index (χ0) is 12.3. The molecular formula is C13H16INS2. The van der Waals surface area contributed by atoms with Crippen LogP contribution in [0.4, 0.5) is 0 Å². The minimum Gasteiger partial charge on any atom is -0.306 e. The molecule has 1 N–H and O–H groups in total. The van der Waals surface area contributed by atoms with Crippen molar-refractivity contribution in [3.8, 4) is 0 Å². The lowest BCUT2D eigenvalue weighted by molar-refractivity contribution is 0.607. The summed E-state index contributed by atoms with van der Waals surface area (Å²) >= 11 is 6.10. The van der Waals surface area contributed by atoms with Crippen LogP contribution in [0.1, 0.15) is 34.7 Å². The van der Waals surface area contributed by atoms with E-state index < -0.39 is 0 Å². The van der Waals surface area contributed by atoms with E-state index in [0.29, 0.717) is 6.04 Å². The average molecular weight is 377 g/mol. The van der Waals surface area contributed by atoms with Gasteiger partial charge in [-0.25, -0.2) is 0 Å². The van der Waals surface area contributed by atoms with Gasteiger partial charge in [0.2, 0.25) is 0 Å². The van der Waals surface area contributed by atoms with Gasteiger partial charge in [-0.1, -0.05) is 6.92 Å². The molecule has 0 radical (unpaired) electrons. The summed E-state index contributed by atoms with van der Waals surface area (Å²) in [6, 6.07) is 7.11. The first-order valence-corrected chi connectivity index (χ1v) is 8.52. The Labute approximate surface area is 124 Å². The molecule has 1 unspecified atom stereocenters. The van der Waals surface area contributed by atoms with Crippen LogP contribution in [0.2, 0.25) is 0 Å². The molecule has 1 atom stereocenters. The van der Waals surface area contributed by atoms with Gasteiger partial charge in [0.05, 0.1) is 8.93 Å². The van der Waals surface area contributed by atoms with E-state index in [0.717, 1.165) is 6.54 Å². The van der Waals surface area contributed by atoms with E-state index in [1.807, 2.05) is 22.7 Å². The molecular weight excluding hydrogens is 361 g/mol. The summed E-state index contributed by atoms with van der Waals surface area (Å²) in [7, 11) is 0. The number of nitrogens with one attached hydrogen (secondary N) is 1. The molecule has 2 aromatic rings. The maximum Gasteiger partial charge on any atom is 0.0679 e. The molecule has 17 heavy (non-hydrogen) atoms. The van der Waals surface area contributed by atoms with E-state index in [9.17, 15) is 0 Å². The summed E-state index contributed by atoms with van der Waals surface area (Å²) in [4.78, 5) is 2.80. The lowest BCUT2D eigenvalue weighted by Crippen LogP contribution is -2.21. The van der Waals surface area contributed by atoms with Crippen LogP contribution in [0.25, 0.3) is 0 Å². The van der Waals surface area contributed by atoms with Crippen LogP contribution in [-0.2, 0) is 0 Å². The molecule has 92 valence electrons. The van der Waals surface area contributed by atoms with Gasteiger partial charge in [0.25, 0.3) is 0 Å². The van der Waals surface area contributed by atoms with Crippen molar-refractivity contribution in [2.45, 2.75) is 26.3 Å². The fourth-order valence-electron chi connectivity index (χ4n) is 1.75. The topological polar surface area (TPSA) is 12.0 Å². The highest BCUT2D eigenvalue weighted by Gasteiger charge is 2.16. The molecule has 2 aromatic heterocycles. The Morgan fingerprint density at radius 3 is 2.76 bits per heavy atom. The van der Waals surface area contributed by atoms with Crippen LogP contribution in [-0.4, -0.2) is 6.54 Å². The van der Waals surface area contributed by atoms with Gasteiger partial charge in [0.15, 0.2) is 0 Å². The summed E-state index contributed by atoms with van der Waals surface area (Å²) in [5, 5.41) is 5.91. The molecule has 0 saturated carbocycles. The van der Waals surface area contributed by atoms with Crippen molar-refractivity contribution in [3.63, 3.8) is 0 Å². The Balaban J connectivity index is 2.24. The summed E-state index contributed by atoms with van der Waals surface area (Å²) in [6.45, 7) is 5.44. The SMILES string of the molecule is CCCNC(c1csc(I)c1)c1ccc(C)s1. The highest BCUT2D eigenvalue weighted by Crippen LogP contribution is 2.31. The first-order valence-electron chi connectivity index (χ1n) is 5.74. The fraction of sp³-hybridized carbons (Fsp3) is 0.385. The third kappa shape index (κ3) is 3.53. The predicted molar refractivity (Wildman–Crippen MR) is 86.2 cm³/mol. The second kappa shape index (κ2) is 6.31. The summed E-state index contributed by atoms with van der Waals surface area (Å²) in [5.74, 6) is 0. The standard InChI is InChI=1S/C13H16INS2/c1-3-6-15-13(10-7-12(14)16-8-10)11-5-4-9(2)17-11/h4-5,7-8,13,15H,3,6H2,1-2H3. The van der Waals surface area contributed by atoms with Crippen molar-refractivity contribution >= 4 is 45.3 Å². The molecule has 0 bridgehead atoms. The molecule has 0 spiro atoms. The van der Waals surface area contributed by atoms with Gasteiger partial charge in [0.1, 0.15) is 0 Å². The van der Waals surface area contributed by atoms with Crippen LogP contribution in [0.5, 0.6) is 0 Å². The Morgan fingerprint density at radius 2 is 2.24 bits per heavy atom. The third-order valence-corrected chi connectivity index (χ3v) is 5.44. The van der Waals surface area contributed by atoms with Crippen molar-refractivity contribution in [3.05, 3.63) is 41.8 Å². The number of rotatable bonds is 5. The van der Waals surface area contributed by atoms with Crippen molar-refractivity contribution in [2.24, 2.45) is 0 Å². The van der Waals surface area contributed by atoms with Crippen LogP contribution in [0.3, 0.4) is 0 Å². The molecule has 0 saturated heterocycles. The van der Waals surface area contributed by atoms with E-state index in [-0.39, 0.29) is 0 Å². The quantitative estimate of drug-likeness (QED) is 0.738. The molecule has 0 amide bonds. The lowest BCUT2D eigenvalue weighted by Gasteiger charge is -2.15. The van der Waals surface area contributed by atoms with E-state index in [4.69, 9.17) is 0 Å². The van der Waals surface area contributed by atoms with Crippen LogP contribution in [0, 0.1) is 9.81 Å². The Hall–Kier alpha value is 0.0900. The molecule has 4 heteroatoms. The van der Waals surface area contributed by atoms with Crippen LogP contribution < -0.4 is 5.32 Å². The summed E-state index contributed by atoms with van der Waals surface area (Å²) in [6.07, 6.45) is 1.17. The molecule has 2 heterocycles. The third-order valence-electron chi connectivity index (χ3n) is 2.57. The zero-order valence-corrected chi connectivity index (χ0v) is 13.8. The van der Waals surface area contributed by atoms with E-state index >= 15 is 0 Å². The number of halogens is 1. The lowest BCUT2D eigenvalue weighted by atomic mass is 10.1. The number of hydrogen-bond donors (Lipinski definition) is 1. The molecule has 2 rings (SSSR count). The van der Waals surface area contributed by atoms with E-state index in [1.165, 1.54) is 24.6 Å². The van der Waals surface area contributed by atoms with Gasteiger partial charge in [-0.3, -0.25) is 0 Å². The van der Waals surface area contributed by atoms with E-state index in [2.05, 4.69) is 65.3 Å². The fourth-order valence-corrected chi connectivity index (χ4v) is 4.13.